The zero-order valence-electron chi connectivity index (χ0n) is 10.8. The molecule has 0 radical (unpaired) electrons. The van der Waals surface area contributed by atoms with Crippen molar-refractivity contribution < 1.29 is 4.79 Å². The highest BCUT2D eigenvalue weighted by molar-refractivity contribution is 9.11. The first-order valence-electron chi connectivity index (χ1n) is 6.17. The second-order valence-electron chi connectivity index (χ2n) is 4.59. The average Bonchev–Trinajstić information content (AvgIpc) is 2.85. The molecule has 0 aliphatic heterocycles. The molecule has 0 fully saturated rings. The number of aromatic amines is 1. The predicted octanol–water partition coefficient (Wildman–Crippen LogP) is 4.53. The normalized spacial score (nSPS) is 10.8. The molecule has 1 aromatic heterocycles. The number of fused-ring (bicyclic) bond motifs is 1. The highest BCUT2D eigenvalue weighted by Crippen LogP contribution is 2.28. The van der Waals surface area contributed by atoms with Crippen LogP contribution in [-0.4, -0.2) is 10.9 Å². The van der Waals surface area contributed by atoms with Crippen LogP contribution < -0.4 is 11.1 Å². The number of rotatable bonds is 2. The Balaban J connectivity index is 1.95. The summed E-state index contributed by atoms with van der Waals surface area (Å²) in [5.74, 6) is -0.176. The summed E-state index contributed by atoms with van der Waals surface area (Å²) in [5.41, 5.74) is 8.52. The predicted molar refractivity (Wildman–Crippen MR) is 92.5 cm³/mol. The zero-order chi connectivity index (χ0) is 15.0. The summed E-state index contributed by atoms with van der Waals surface area (Å²) < 4.78 is 1.72. The Kier molecular flexibility index (Phi) is 3.73. The van der Waals surface area contributed by atoms with Gasteiger partial charge >= 0.3 is 0 Å². The third-order valence-electron chi connectivity index (χ3n) is 3.13. The highest BCUT2D eigenvalue weighted by Gasteiger charge is 2.13. The van der Waals surface area contributed by atoms with Crippen LogP contribution in [0.5, 0.6) is 0 Å². The molecule has 2 aromatic carbocycles. The van der Waals surface area contributed by atoms with E-state index in [9.17, 15) is 4.79 Å². The minimum atomic E-state index is -0.176. The molecule has 0 saturated heterocycles. The van der Waals surface area contributed by atoms with E-state index in [0.29, 0.717) is 16.9 Å². The smallest absolute Gasteiger partial charge is 0.257 e. The van der Waals surface area contributed by atoms with Gasteiger partial charge in [0.2, 0.25) is 0 Å². The van der Waals surface area contributed by atoms with Crippen LogP contribution >= 0.6 is 31.9 Å². The number of amides is 1. The molecular weight excluding hydrogens is 398 g/mol. The van der Waals surface area contributed by atoms with Gasteiger partial charge in [0.25, 0.3) is 5.91 Å². The van der Waals surface area contributed by atoms with Gasteiger partial charge in [-0.25, -0.2) is 0 Å². The molecule has 0 saturated carbocycles. The van der Waals surface area contributed by atoms with Crippen molar-refractivity contribution in [2.24, 2.45) is 0 Å². The Morgan fingerprint density at radius 3 is 2.76 bits per heavy atom. The van der Waals surface area contributed by atoms with Crippen molar-refractivity contribution in [2.45, 2.75) is 0 Å². The molecule has 3 aromatic rings. The van der Waals surface area contributed by atoms with Gasteiger partial charge in [-0.05, 0) is 52.3 Å². The number of benzene rings is 2. The molecule has 0 atom stereocenters. The van der Waals surface area contributed by atoms with Crippen LogP contribution in [0.25, 0.3) is 10.9 Å². The SMILES string of the molecule is Nc1ccc2c(C(=O)Nc3cc(Br)ccc3Br)c[nH]c2c1. The van der Waals surface area contributed by atoms with Crippen molar-refractivity contribution in [2.75, 3.05) is 11.1 Å². The first kappa shape index (κ1) is 14.2. The standard InChI is InChI=1S/C15H11Br2N3O/c16-8-1-4-12(17)14(5-8)20-15(21)11-7-19-13-6-9(18)2-3-10(11)13/h1-7,19H,18H2,(H,20,21). The van der Waals surface area contributed by atoms with Gasteiger partial charge in [0.15, 0.2) is 0 Å². The number of nitrogens with two attached hydrogens (primary N) is 1. The van der Waals surface area contributed by atoms with Crippen LogP contribution in [0, 0.1) is 0 Å². The van der Waals surface area contributed by atoms with Crippen LogP contribution in [0.1, 0.15) is 10.4 Å². The zero-order valence-corrected chi connectivity index (χ0v) is 14.0. The number of aromatic nitrogens is 1. The van der Waals surface area contributed by atoms with E-state index in [1.54, 1.807) is 18.3 Å². The summed E-state index contributed by atoms with van der Waals surface area (Å²) in [5, 5.41) is 3.73. The second-order valence-corrected chi connectivity index (χ2v) is 6.36. The maximum absolute atomic E-state index is 12.4. The molecule has 0 spiro atoms. The third kappa shape index (κ3) is 2.82. The molecule has 0 unspecified atom stereocenters. The summed E-state index contributed by atoms with van der Waals surface area (Å²) in [6.07, 6.45) is 1.69. The fourth-order valence-electron chi connectivity index (χ4n) is 2.11. The summed E-state index contributed by atoms with van der Waals surface area (Å²) in [6.45, 7) is 0. The molecule has 3 rings (SSSR count). The van der Waals surface area contributed by atoms with Gasteiger partial charge in [-0.2, -0.15) is 0 Å². The van der Waals surface area contributed by atoms with Crippen LogP contribution in [0.3, 0.4) is 0 Å². The average molecular weight is 409 g/mol. The van der Waals surface area contributed by atoms with Crippen LogP contribution in [0.15, 0.2) is 51.5 Å². The van der Waals surface area contributed by atoms with Gasteiger partial charge in [-0.3, -0.25) is 4.79 Å². The maximum Gasteiger partial charge on any atom is 0.257 e. The molecule has 4 N–H and O–H groups in total. The number of halogens is 2. The van der Waals surface area contributed by atoms with Gasteiger partial charge in [-0.1, -0.05) is 15.9 Å². The minimum absolute atomic E-state index is 0.176. The van der Waals surface area contributed by atoms with E-state index in [1.165, 1.54) is 0 Å². The van der Waals surface area contributed by atoms with E-state index < -0.39 is 0 Å². The van der Waals surface area contributed by atoms with E-state index in [1.807, 2.05) is 24.3 Å². The maximum atomic E-state index is 12.4. The number of nitrogen functional groups attached to an aromatic ring is 1. The van der Waals surface area contributed by atoms with Gasteiger partial charge in [-0.15, -0.1) is 0 Å². The van der Waals surface area contributed by atoms with E-state index in [2.05, 4.69) is 42.2 Å². The number of carbonyl (C=O) groups is 1. The third-order valence-corrected chi connectivity index (χ3v) is 4.31. The lowest BCUT2D eigenvalue weighted by molar-refractivity contribution is 0.102. The summed E-state index contributed by atoms with van der Waals surface area (Å²) >= 11 is 6.81. The molecule has 0 bridgehead atoms. The molecule has 106 valence electrons. The second kappa shape index (κ2) is 5.54. The Bertz CT molecular complexity index is 842. The molecular formula is C15H11Br2N3O. The van der Waals surface area contributed by atoms with Gasteiger partial charge in [0.05, 0.1) is 11.3 Å². The largest absolute Gasteiger partial charge is 0.399 e. The molecule has 1 amide bonds. The molecule has 1 heterocycles. The van der Waals surface area contributed by atoms with Crippen molar-refractivity contribution in [3.63, 3.8) is 0 Å². The summed E-state index contributed by atoms with van der Waals surface area (Å²) in [6, 6.07) is 11.0. The highest BCUT2D eigenvalue weighted by atomic mass is 79.9. The van der Waals surface area contributed by atoms with Crippen molar-refractivity contribution in [1.29, 1.82) is 0 Å². The summed E-state index contributed by atoms with van der Waals surface area (Å²) in [7, 11) is 0. The Labute approximate surface area is 138 Å². The number of hydrogen-bond acceptors (Lipinski definition) is 2. The number of hydrogen-bond donors (Lipinski definition) is 3. The topological polar surface area (TPSA) is 70.9 Å². The van der Waals surface area contributed by atoms with Crippen molar-refractivity contribution >= 4 is 60.0 Å². The fourth-order valence-corrected chi connectivity index (χ4v) is 2.82. The van der Waals surface area contributed by atoms with E-state index >= 15 is 0 Å². The fraction of sp³-hybridized carbons (Fsp3) is 0. The minimum Gasteiger partial charge on any atom is -0.399 e. The number of anilines is 2. The van der Waals surface area contributed by atoms with E-state index in [0.717, 1.165) is 19.8 Å². The molecule has 4 nitrogen and oxygen atoms in total. The Morgan fingerprint density at radius 2 is 1.95 bits per heavy atom. The van der Waals surface area contributed by atoms with Gasteiger partial charge < -0.3 is 16.0 Å². The lowest BCUT2D eigenvalue weighted by Crippen LogP contribution is -2.11. The van der Waals surface area contributed by atoms with Crippen LogP contribution in [0.2, 0.25) is 0 Å². The lowest BCUT2D eigenvalue weighted by atomic mass is 10.1. The monoisotopic (exact) mass is 407 g/mol. The van der Waals surface area contributed by atoms with Crippen LogP contribution in [0.4, 0.5) is 11.4 Å². The Hall–Kier alpha value is -1.79. The van der Waals surface area contributed by atoms with Crippen LogP contribution in [-0.2, 0) is 0 Å². The quantitative estimate of drug-likeness (QED) is 0.545. The molecule has 0 aliphatic rings. The van der Waals surface area contributed by atoms with Gasteiger partial charge in [0, 0.05) is 31.7 Å². The first-order chi connectivity index (χ1) is 10.0. The van der Waals surface area contributed by atoms with E-state index in [-0.39, 0.29) is 5.91 Å². The summed E-state index contributed by atoms with van der Waals surface area (Å²) in [4.78, 5) is 15.5. The molecule has 21 heavy (non-hydrogen) atoms. The lowest BCUT2D eigenvalue weighted by Gasteiger charge is -2.07. The number of carbonyl (C=O) groups excluding carboxylic acids is 1. The van der Waals surface area contributed by atoms with E-state index in [4.69, 9.17) is 5.73 Å². The number of H-pyrrole nitrogens is 1. The first-order valence-corrected chi connectivity index (χ1v) is 7.76. The molecule has 0 aliphatic carbocycles. The molecule has 6 heteroatoms. The van der Waals surface area contributed by atoms with Crippen molar-refractivity contribution in [1.82, 2.24) is 4.98 Å². The number of nitrogens with one attached hydrogen (secondary N) is 2. The van der Waals surface area contributed by atoms with Crippen molar-refractivity contribution in [3.8, 4) is 0 Å². The van der Waals surface area contributed by atoms with Crippen molar-refractivity contribution in [3.05, 3.63) is 57.1 Å². The Morgan fingerprint density at radius 1 is 1.14 bits per heavy atom. The van der Waals surface area contributed by atoms with Gasteiger partial charge in [0.1, 0.15) is 0 Å².